The molecule has 0 aromatic carbocycles. The molecule has 0 radical (unpaired) electrons. The highest BCUT2D eigenvalue weighted by atomic mass is 16.5. The molecule has 4 heteroatoms. The van der Waals surface area contributed by atoms with E-state index in [-0.39, 0.29) is 12.0 Å². The van der Waals surface area contributed by atoms with Gasteiger partial charge in [-0.2, -0.15) is 0 Å². The molecule has 1 heterocycles. The molecule has 1 fully saturated rings. The van der Waals surface area contributed by atoms with Crippen molar-refractivity contribution in [1.82, 2.24) is 10.2 Å². The summed E-state index contributed by atoms with van der Waals surface area (Å²) in [4.78, 5) is 13.8. The summed E-state index contributed by atoms with van der Waals surface area (Å²) < 4.78 is 5.14. The summed E-state index contributed by atoms with van der Waals surface area (Å²) in [6.07, 6.45) is 3.84. The Labute approximate surface area is 98.3 Å². The van der Waals surface area contributed by atoms with E-state index in [0.717, 1.165) is 32.4 Å². The van der Waals surface area contributed by atoms with Crippen LogP contribution in [0.4, 0.5) is 0 Å². The molecule has 0 spiro atoms. The fraction of sp³-hybridized carbons (Fsp3) is 0.917. The highest BCUT2D eigenvalue weighted by molar-refractivity contribution is 5.76. The molecule has 16 heavy (non-hydrogen) atoms. The fourth-order valence-corrected chi connectivity index (χ4v) is 1.99. The monoisotopic (exact) mass is 228 g/mol. The van der Waals surface area contributed by atoms with Gasteiger partial charge in [-0.05, 0) is 32.7 Å². The molecule has 1 aliphatic rings. The van der Waals surface area contributed by atoms with E-state index in [1.54, 1.807) is 7.11 Å². The molecular weight excluding hydrogens is 204 g/mol. The third-order valence-corrected chi connectivity index (χ3v) is 3.38. The first-order chi connectivity index (χ1) is 7.65. The Bertz CT molecular complexity index is 215. The number of likely N-dealkylation sites (N-methyl/N-ethyl adjacent to an activating group) is 1. The summed E-state index contributed by atoms with van der Waals surface area (Å²) >= 11 is 0. The molecule has 0 bridgehead atoms. The van der Waals surface area contributed by atoms with Gasteiger partial charge in [0.25, 0.3) is 0 Å². The fourth-order valence-electron chi connectivity index (χ4n) is 1.99. The molecule has 94 valence electrons. The summed E-state index contributed by atoms with van der Waals surface area (Å²) in [6, 6.07) is 0.374. The summed E-state index contributed by atoms with van der Waals surface area (Å²) in [5.74, 6) is 0.234. The van der Waals surface area contributed by atoms with Gasteiger partial charge in [-0.3, -0.25) is 4.79 Å². The lowest BCUT2D eigenvalue weighted by Crippen LogP contribution is -2.46. The Hall–Kier alpha value is -0.610. The zero-order valence-corrected chi connectivity index (χ0v) is 10.7. The van der Waals surface area contributed by atoms with E-state index < -0.39 is 0 Å². The van der Waals surface area contributed by atoms with E-state index in [1.165, 1.54) is 0 Å². The number of nitrogens with zero attached hydrogens (tertiary/aromatic N) is 1. The minimum Gasteiger partial charge on any atom is -0.382 e. The van der Waals surface area contributed by atoms with Crippen LogP contribution in [0.3, 0.4) is 0 Å². The van der Waals surface area contributed by atoms with Crippen LogP contribution in [0.2, 0.25) is 0 Å². The normalized spacial score (nSPS) is 22.8. The Balaban J connectivity index is 2.29. The van der Waals surface area contributed by atoms with Crippen molar-refractivity contribution in [3.05, 3.63) is 0 Å². The average Bonchev–Trinajstić information content (AvgIpc) is 2.35. The first kappa shape index (κ1) is 13.5. The molecule has 0 saturated carbocycles. The number of ether oxygens (including phenoxy) is 1. The van der Waals surface area contributed by atoms with Gasteiger partial charge < -0.3 is 15.0 Å². The van der Waals surface area contributed by atoms with Gasteiger partial charge in [-0.1, -0.05) is 0 Å². The molecule has 1 N–H and O–H groups in total. The third kappa shape index (κ3) is 4.10. The molecule has 0 aliphatic carbocycles. The summed E-state index contributed by atoms with van der Waals surface area (Å²) in [7, 11) is 3.60. The van der Waals surface area contributed by atoms with Gasteiger partial charge in [0, 0.05) is 33.2 Å². The number of carbonyl (C=O) groups excluding carboxylic acids is 1. The van der Waals surface area contributed by atoms with Crippen LogP contribution in [0.5, 0.6) is 0 Å². The van der Waals surface area contributed by atoms with Gasteiger partial charge in [0.05, 0.1) is 6.10 Å². The van der Waals surface area contributed by atoms with Gasteiger partial charge in [0.15, 0.2) is 0 Å². The first-order valence-corrected chi connectivity index (χ1v) is 6.14. The maximum absolute atomic E-state index is 11.9. The minimum absolute atomic E-state index is 0.168. The molecule has 4 nitrogen and oxygen atoms in total. The number of nitrogens with one attached hydrogen (secondary N) is 1. The van der Waals surface area contributed by atoms with Crippen molar-refractivity contribution in [2.75, 3.05) is 27.2 Å². The lowest BCUT2D eigenvalue weighted by molar-refractivity contribution is -0.132. The second-order valence-electron chi connectivity index (χ2n) is 4.59. The van der Waals surface area contributed by atoms with Crippen LogP contribution < -0.4 is 5.32 Å². The smallest absolute Gasteiger partial charge is 0.222 e. The molecule has 0 aromatic rings. The van der Waals surface area contributed by atoms with Crippen LogP contribution in [0.15, 0.2) is 0 Å². The van der Waals surface area contributed by atoms with Crippen LogP contribution in [-0.2, 0) is 9.53 Å². The van der Waals surface area contributed by atoms with Crippen molar-refractivity contribution in [3.63, 3.8) is 0 Å². The van der Waals surface area contributed by atoms with E-state index in [9.17, 15) is 4.79 Å². The van der Waals surface area contributed by atoms with Crippen molar-refractivity contribution in [2.45, 2.75) is 44.8 Å². The van der Waals surface area contributed by atoms with Crippen LogP contribution in [0.1, 0.15) is 32.6 Å². The van der Waals surface area contributed by atoms with Gasteiger partial charge in [0.2, 0.25) is 5.91 Å². The zero-order chi connectivity index (χ0) is 12.0. The number of rotatable bonds is 5. The number of hydrogen-bond acceptors (Lipinski definition) is 3. The molecular formula is C12H24N2O2. The van der Waals surface area contributed by atoms with E-state index in [2.05, 4.69) is 5.32 Å². The Morgan fingerprint density at radius 1 is 1.62 bits per heavy atom. The number of carbonyl (C=O) groups is 1. The molecule has 1 rings (SSSR count). The van der Waals surface area contributed by atoms with Crippen molar-refractivity contribution < 1.29 is 9.53 Å². The molecule has 1 saturated heterocycles. The minimum atomic E-state index is 0.168. The van der Waals surface area contributed by atoms with Gasteiger partial charge in [-0.15, -0.1) is 0 Å². The van der Waals surface area contributed by atoms with Crippen LogP contribution in [0, 0.1) is 0 Å². The van der Waals surface area contributed by atoms with Crippen molar-refractivity contribution >= 4 is 5.91 Å². The van der Waals surface area contributed by atoms with Gasteiger partial charge in [-0.25, -0.2) is 0 Å². The van der Waals surface area contributed by atoms with Crippen molar-refractivity contribution in [3.8, 4) is 0 Å². The first-order valence-electron chi connectivity index (χ1n) is 6.14. The second kappa shape index (κ2) is 6.86. The van der Waals surface area contributed by atoms with Gasteiger partial charge >= 0.3 is 0 Å². The highest BCUT2D eigenvalue weighted by Gasteiger charge is 2.21. The third-order valence-electron chi connectivity index (χ3n) is 3.38. The lowest BCUT2D eigenvalue weighted by atomic mass is 10.1. The topological polar surface area (TPSA) is 41.6 Å². The molecule has 2 unspecified atom stereocenters. The maximum atomic E-state index is 11.9. The number of piperidine rings is 1. The summed E-state index contributed by atoms with van der Waals surface area (Å²) in [6.45, 7) is 4.01. The van der Waals surface area contributed by atoms with E-state index >= 15 is 0 Å². The van der Waals surface area contributed by atoms with Gasteiger partial charge in [0.1, 0.15) is 0 Å². The van der Waals surface area contributed by atoms with Crippen LogP contribution in [0.25, 0.3) is 0 Å². The van der Waals surface area contributed by atoms with Crippen LogP contribution in [-0.4, -0.2) is 50.2 Å². The zero-order valence-electron chi connectivity index (χ0n) is 10.7. The Morgan fingerprint density at radius 2 is 2.38 bits per heavy atom. The SMILES string of the molecule is COC(C)CCC(=O)N(C)C1CCCNC1. The second-order valence-corrected chi connectivity index (χ2v) is 4.59. The Morgan fingerprint density at radius 3 is 2.94 bits per heavy atom. The molecule has 2 atom stereocenters. The van der Waals surface area contributed by atoms with Crippen LogP contribution >= 0.6 is 0 Å². The molecule has 1 aliphatic heterocycles. The largest absolute Gasteiger partial charge is 0.382 e. The van der Waals surface area contributed by atoms with Crippen molar-refractivity contribution in [1.29, 1.82) is 0 Å². The quantitative estimate of drug-likeness (QED) is 0.763. The van der Waals surface area contributed by atoms with E-state index in [4.69, 9.17) is 4.74 Å². The van der Waals surface area contributed by atoms with E-state index in [0.29, 0.717) is 12.5 Å². The molecule has 1 amide bonds. The number of amides is 1. The summed E-state index contributed by atoms with van der Waals surface area (Å²) in [5, 5.41) is 3.33. The van der Waals surface area contributed by atoms with Crippen molar-refractivity contribution in [2.24, 2.45) is 0 Å². The maximum Gasteiger partial charge on any atom is 0.222 e. The highest BCUT2D eigenvalue weighted by Crippen LogP contribution is 2.11. The summed E-state index contributed by atoms with van der Waals surface area (Å²) in [5.41, 5.74) is 0. The predicted octanol–water partition coefficient (Wildman–Crippen LogP) is 1.01. The number of methoxy groups -OCH3 is 1. The van der Waals surface area contributed by atoms with E-state index in [1.807, 2.05) is 18.9 Å². The average molecular weight is 228 g/mol. The standard InChI is InChI=1S/C12H24N2O2/c1-10(16-3)6-7-12(15)14(2)11-5-4-8-13-9-11/h10-11,13H,4-9H2,1-3H3. The lowest BCUT2D eigenvalue weighted by Gasteiger charge is -2.32. The predicted molar refractivity (Wildman–Crippen MR) is 64.4 cm³/mol. The Kier molecular flexibility index (Phi) is 5.77. The molecule has 0 aromatic heterocycles. The number of hydrogen-bond donors (Lipinski definition) is 1.